The number of nitrogens with zero attached hydrogens (tertiary/aromatic N) is 1. The van der Waals surface area contributed by atoms with Crippen LogP contribution in [0.4, 0.5) is 0 Å². The van der Waals surface area contributed by atoms with Crippen molar-refractivity contribution >= 4 is 23.3 Å². The third kappa shape index (κ3) is 1.51. The number of hydrogen-bond donors (Lipinski definition) is 1. The van der Waals surface area contributed by atoms with Gasteiger partial charge in [-0.1, -0.05) is 12.1 Å². The van der Waals surface area contributed by atoms with E-state index < -0.39 is 0 Å². The molecule has 1 aliphatic carbocycles. The highest BCUT2D eigenvalue weighted by molar-refractivity contribution is 7.71. The Labute approximate surface area is 93.9 Å². The van der Waals surface area contributed by atoms with Crippen LogP contribution in [0, 0.1) is 17.6 Å². The second kappa shape index (κ2) is 3.20. The van der Waals surface area contributed by atoms with E-state index in [4.69, 9.17) is 12.2 Å². The molecule has 1 N–H and O–H groups in total. The number of nitrogens with one attached hydrogen (secondary N) is 1. The molecule has 1 saturated carbocycles. The summed E-state index contributed by atoms with van der Waals surface area (Å²) in [5.41, 5.74) is 3.73. The molecule has 1 aromatic carbocycles. The molecule has 0 radical (unpaired) electrons. The van der Waals surface area contributed by atoms with Gasteiger partial charge in [0.1, 0.15) is 0 Å². The first-order valence-corrected chi connectivity index (χ1v) is 5.84. The van der Waals surface area contributed by atoms with Crippen LogP contribution in [0.25, 0.3) is 11.0 Å². The lowest BCUT2D eigenvalue weighted by Crippen LogP contribution is -1.99. The van der Waals surface area contributed by atoms with Crippen molar-refractivity contribution in [1.29, 1.82) is 0 Å². The minimum absolute atomic E-state index is 0.858. The van der Waals surface area contributed by atoms with Crippen LogP contribution in [-0.4, -0.2) is 9.55 Å². The van der Waals surface area contributed by atoms with Crippen molar-refractivity contribution in [2.75, 3.05) is 0 Å². The SMILES string of the molecule is Cc1cccc2c1[nH]c(=S)n2CC1CC1. The van der Waals surface area contributed by atoms with Crippen LogP contribution in [0.2, 0.25) is 0 Å². The largest absolute Gasteiger partial charge is 0.330 e. The second-order valence-electron chi connectivity index (χ2n) is 4.45. The molecular formula is C12H14N2S. The van der Waals surface area contributed by atoms with Gasteiger partial charge in [0.15, 0.2) is 4.77 Å². The van der Waals surface area contributed by atoms with Crippen molar-refractivity contribution in [3.8, 4) is 0 Å². The molecule has 0 atom stereocenters. The molecule has 0 amide bonds. The second-order valence-corrected chi connectivity index (χ2v) is 4.84. The van der Waals surface area contributed by atoms with Crippen molar-refractivity contribution < 1.29 is 0 Å². The van der Waals surface area contributed by atoms with Crippen LogP contribution in [-0.2, 0) is 6.54 Å². The van der Waals surface area contributed by atoms with E-state index in [1.807, 2.05) is 0 Å². The predicted octanol–water partition coefficient (Wildman–Crippen LogP) is 3.42. The molecule has 1 aliphatic rings. The average Bonchev–Trinajstić information content (AvgIpc) is 2.96. The lowest BCUT2D eigenvalue weighted by molar-refractivity contribution is 0.635. The molecule has 3 heteroatoms. The third-order valence-electron chi connectivity index (χ3n) is 3.16. The van der Waals surface area contributed by atoms with E-state index in [1.165, 1.54) is 29.4 Å². The summed E-state index contributed by atoms with van der Waals surface area (Å²) < 4.78 is 3.11. The lowest BCUT2D eigenvalue weighted by Gasteiger charge is -2.02. The van der Waals surface area contributed by atoms with Gasteiger partial charge < -0.3 is 9.55 Å². The summed E-state index contributed by atoms with van der Waals surface area (Å²) in [6.45, 7) is 3.21. The van der Waals surface area contributed by atoms with Crippen LogP contribution in [0.1, 0.15) is 18.4 Å². The maximum Gasteiger partial charge on any atom is 0.178 e. The van der Waals surface area contributed by atoms with Gasteiger partial charge in [-0.3, -0.25) is 0 Å². The molecule has 2 aromatic rings. The molecular weight excluding hydrogens is 204 g/mol. The molecule has 1 fully saturated rings. The number of rotatable bonds is 2. The highest BCUT2D eigenvalue weighted by atomic mass is 32.1. The van der Waals surface area contributed by atoms with Crippen LogP contribution in [0.3, 0.4) is 0 Å². The van der Waals surface area contributed by atoms with Gasteiger partial charge in [-0.15, -0.1) is 0 Å². The summed E-state index contributed by atoms with van der Waals surface area (Å²) in [7, 11) is 0. The van der Waals surface area contributed by atoms with Crippen LogP contribution in [0.5, 0.6) is 0 Å². The highest BCUT2D eigenvalue weighted by Gasteiger charge is 2.22. The summed E-state index contributed by atoms with van der Waals surface area (Å²) in [6, 6.07) is 6.37. The van der Waals surface area contributed by atoms with E-state index in [0.717, 1.165) is 17.2 Å². The van der Waals surface area contributed by atoms with Gasteiger partial charge in [0.05, 0.1) is 11.0 Å². The van der Waals surface area contributed by atoms with E-state index in [1.54, 1.807) is 0 Å². The molecule has 0 spiro atoms. The van der Waals surface area contributed by atoms with Crippen LogP contribution >= 0.6 is 12.2 Å². The van der Waals surface area contributed by atoms with Crippen molar-refractivity contribution in [2.45, 2.75) is 26.3 Å². The van der Waals surface area contributed by atoms with Crippen molar-refractivity contribution in [2.24, 2.45) is 5.92 Å². The molecule has 0 bridgehead atoms. The van der Waals surface area contributed by atoms with Gasteiger partial charge in [-0.2, -0.15) is 0 Å². The Morgan fingerprint density at radius 1 is 1.47 bits per heavy atom. The van der Waals surface area contributed by atoms with Gasteiger partial charge in [-0.05, 0) is 49.5 Å². The van der Waals surface area contributed by atoms with E-state index in [2.05, 4.69) is 34.7 Å². The molecule has 0 aliphatic heterocycles. The highest BCUT2D eigenvalue weighted by Crippen LogP contribution is 2.32. The number of aryl methyl sites for hydroxylation is 1. The van der Waals surface area contributed by atoms with E-state index in [9.17, 15) is 0 Å². The average molecular weight is 218 g/mol. The normalized spacial score (nSPS) is 16.1. The Morgan fingerprint density at radius 2 is 2.27 bits per heavy atom. The number of aromatic amines is 1. The minimum atomic E-state index is 0.858. The Hall–Kier alpha value is -1.09. The molecule has 2 nitrogen and oxygen atoms in total. The van der Waals surface area contributed by atoms with Crippen molar-refractivity contribution in [3.05, 3.63) is 28.5 Å². The monoisotopic (exact) mass is 218 g/mol. The first-order valence-electron chi connectivity index (χ1n) is 5.44. The van der Waals surface area contributed by atoms with Crippen LogP contribution in [0.15, 0.2) is 18.2 Å². The van der Waals surface area contributed by atoms with E-state index in [-0.39, 0.29) is 0 Å². The van der Waals surface area contributed by atoms with E-state index in [0.29, 0.717) is 0 Å². The Balaban J connectivity index is 2.22. The number of para-hydroxylation sites is 1. The molecule has 78 valence electrons. The number of aromatic nitrogens is 2. The lowest BCUT2D eigenvalue weighted by atomic mass is 10.2. The predicted molar refractivity (Wildman–Crippen MR) is 64.6 cm³/mol. The number of hydrogen-bond acceptors (Lipinski definition) is 1. The zero-order valence-corrected chi connectivity index (χ0v) is 9.60. The zero-order valence-electron chi connectivity index (χ0n) is 8.79. The summed E-state index contributed by atoms with van der Waals surface area (Å²) in [6.07, 6.45) is 2.72. The Morgan fingerprint density at radius 3 is 3.00 bits per heavy atom. The molecule has 3 rings (SSSR count). The van der Waals surface area contributed by atoms with Crippen molar-refractivity contribution in [3.63, 3.8) is 0 Å². The quantitative estimate of drug-likeness (QED) is 0.766. The minimum Gasteiger partial charge on any atom is -0.330 e. The standard InChI is InChI=1S/C12H14N2S/c1-8-3-2-4-10-11(8)13-12(15)14(10)7-9-5-6-9/h2-4,9H,5-7H2,1H3,(H,13,15). The molecule has 1 heterocycles. The molecule has 0 unspecified atom stereocenters. The summed E-state index contributed by atoms with van der Waals surface area (Å²) in [5.74, 6) is 0.858. The first kappa shape index (κ1) is 9.16. The fourth-order valence-electron chi connectivity index (χ4n) is 2.06. The number of fused-ring (bicyclic) bond motifs is 1. The number of imidazole rings is 1. The Kier molecular flexibility index (Phi) is 1.96. The van der Waals surface area contributed by atoms with E-state index >= 15 is 0 Å². The van der Waals surface area contributed by atoms with Gasteiger partial charge in [0.2, 0.25) is 0 Å². The molecule has 1 aromatic heterocycles. The molecule has 0 saturated heterocycles. The van der Waals surface area contributed by atoms with Crippen LogP contribution < -0.4 is 0 Å². The van der Waals surface area contributed by atoms with Gasteiger partial charge in [-0.25, -0.2) is 0 Å². The number of H-pyrrole nitrogens is 1. The fourth-order valence-corrected chi connectivity index (χ4v) is 2.34. The van der Waals surface area contributed by atoms with Gasteiger partial charge >= 0.3 is 0 Å². The third-order valence-corrected chi connectivity index (χ3v) is 3.48. The van der Waals surface area contributed by atoms with Crippen molar-refractivity contribution in [1.82, 2.24) is 9.55 Å². The maximum atomic E-state index is 5.37. The fraction of sp³-hybridized carbons (Fsp3) is 0.417. The summed E-state index contributed by atoms with van der Waals surface area (Å²) in [5, 5.41) is 0. The maximum absolute atomic E-state index is 5.37. The van der Waals surface area contributed by atoms with Gasteiger partial charge in [0, 0.05) is 6.54 Å². The summed E-state index contributed by atoms with van der Waals surface area (Å²) >= 11 is 5.37. The number of benzene rings is 1. The van der Waals surface area contributed by atoms with Gasteiger partial charge in [0.25, 0.3) is 0 Å². The summed E-state index contributed by atoms with van der Waals surface area (Å²) in [4.78, 5) is 3.31. The first-order chi connectivity index (χ1) is 7.25. The Bertz CT molecular complexity index is 560. The topological polar surface area (TPSA) is 20.7 Å². The zero-order chi connectivity index (χ0) is 10.4. The molecule has 15 heavy (non-hydrogen) atoms. The smallest absolute Gasteiger partial charge is 0.178 e.